The third kappa shape index (κ3) is 5.26. The number of nitrogens with one attached hydrogen (secondary N) is 1. The molecule has 1 rings (SSSR count). The first-order valence-electron chi connectivity index (χ1n) is 6.14. The monoisotopic (exact) mass is 269 g/mol. The van der Waals surface area contributed by atoms with Crippen LogP contribution in [-0.4, -0.2) is 28.8 Å². The second-order valence-corrected chi connectivity index (χ2v) is 5.79. The van der Waals surface area contributed by atoms with E-state index in [9.17, 15) is 19.4 Å². The van der Waals surface area contributed by atoms with Crippen LogP contribution in [0, 0.1) is 11.2 Å². The molecule has 0 aliphatic heterocycles. The number of hydrogen-bond donors (Lipinski definition) is 3. The Hall–Kier alpha value is -1.62. The van der Waals surface area contributed by atoms with Gasteiger partial charge in [-0.1, -0.05) is 20.8 Å². The average molecular weight is 269 g/mol. The van der Waals surface area contributed by atoms with Gasteiger partial charge in [0.25, 0.3) is 5.91 Å². The molecule has 1 atom stereocenters. The van der Waals surface area contributed by atoms with Crippen LogP contribution in [0.2, 0.25) is 0 Å². The van der Waals surface area contributed by atoms with Crippen molar-refractivity contribution >= 4 is 5.91 Å². The van der Waals surface area contributed by atoms with Crippen molar-refractivity contribution in [2.45, 2.75) is 33.3 Å². The van der Waals surface area contributed by atoms with Gasteiger partial charge in [0.1, 0.15) is 11.6 Å². The number of aromatic hydroxyl groups is 1. The van der Waals surface area contributed by atoms with Gasteiger partial charge in [-0.05, 0) is 30.0 Å². The van der Waals surface area contributed by atoms with E-state index in [1.807, 2.05) is 20.8 Å². The van der Waals surface area contributed by atoms with Gasteiger partial charge in [0.05, 0.1) is 11.7 Å². The number of benzene rings is 1. The van der Waals surface area contributed by atoms with Crippen LogP contribution in [0.3, 0.4) is 0 Å². The first kappa shape index (κ1) is 15.4. The Morgan fingerprint density at radius 2 is 2.05 bits per heavy atom. The minimum atomic E-state index is -0.681. The molecule has 0 aromatic heterocycles. The topological polar surface area (TPSA) is 69.6 Å². The Morgan fingerprint density at radius 1 is 1.42 bits per heavy atom. The maximum atomic E-state index is 13.0. The van der Waals surface area contributed by atoms with Crippen molar-refractivity contribution in [3.8, 4) is 5.75 Å². The van der Waals surface area contributed by atoms with Gasteiger partial charge in [0, 0.05) is 6.54 Å². The molecule has 0 saturated heterocycles. The number of phenolic OH excluding ortho intramolecular Hbond substituents is 1. The van der Waals surface area contributed by atoms with Gasteiger partial charge in [-0.2, -0.15) is 0 Å². The summed E-state index contributed by atoms with van der Waals surface area (Å²) in [6.45, 7) is 6.01. The molecular weight excluding hydrogens is 249 g/mol. The van der Waals surface area contributed by atoms with Gasteiger partial charge in [0.15, 0.2) is 0 Å². The predicted octanol–water partition coefficient (Wildman–Crippen LogP) is 2.06. The molecule has 19 heavy (non-hydrogen) atoms. The van der Waals surface area contributed by atoms with Gasteiger partial charge in [-0.25, -0.2) is 4.39 Å². The van der Waals surface area contributed by atoms with E-state index in [0.29, 0.717) is 6.42 Å². The van der Waals surface area contributed by atoms with E-state index < -0.39 is 17.8 Å². The van der Waals surface area contributed by atoms with Gasteiger partial charge in [-0.3, -0.25) is 4.79 Å². The predicted molar refractivity (Wildman–Crippen MR) is 70.5 cm³/mol. The number of rotatable bonds is 4. The van der Waals surface area contributed by atoms with E-state index in [4.69, 9.17) is 0 Å². The van der Waals surface area contributed by atoms with Crippen molar-refractivity contribution in [3.05, 3.63) is 29.6 Å². The molecule has 0 spiro atoms. The van der Waals surface area contributed by atoms with Crippen LogP contribution >= 0.6 is 0 Å². The number of aliphatic hydroxyl groups excluding tert-OH is 1. The molecular formula is C14H20FNO3. The Labute approximate surface area is 112 Å². The molecule has 106 valence electrons. The highest BCUT2D eigenvalue weighted by Gasteiger charge is 2.18. The Bertz CT molecular complexity index is 454. The number of carbonyl (C=O) groups excluding carboxylic acids is 1. The molecule has 5 heteroatoms. The zero-order valence-electron chi connectivity index (χ0n) is 11.4. The van der Waals surface area contributed by atoms with Crippen LogP contribution in [0.1, 0.15) is 37.6 Å². The van der Waals surface area contributed by atoms with E-state index in [0.717, 1.165) is 18.2 Å². The van der Waals surface area contributed by atoms with Crippen LogP contribution in [0.25, 0.3) is 0 Å². The quantitative estimate of drug-likeness (QED) is 0.783. The average Bonchev–Trinajstić information content (AvgIpc) is 2.27. The molecule has 1 unspecified atom stereocenters. The standard InChI is InChI=1S/C14H20FNO3/c1-14(2,3)7-10(17)8-16-13(19)11-6-9(15)4-5-12(11)18/h4-6,10,17-18H,7-8H2,1-3H3,(H,16,19). The lowest BCUT2D eigenvalue weighted by molar-refractivity contribution is 0.0866. The summed E-state index contributed by atoms with van der Waals surface area (Å²) in [6, 6.07) is 3.15. The maximum absolute atomic E-state index is 13.0. The minimum absolute atomic E-state index is 0.0505. The van der Waals surface area contributed by atoms with Crippen molar-refractivity contribution in [2.75, 3.05) is 6.54 Å². The summed E-state index contributed by atoms with van der Waals surface area (Å²) in [6.07, 6.45) is -0.151. The fourth-order valence-electron chi connectivity index (χ4n) is 1.77. The Morgan fingerprint density at radius 3 is 2.63 bits per heavy atom. The van der Waals surface area contributed by atoms with Crippen LogP contribution in [0.5, 0.6) is 5.75 Å². The largest absolute Gasteiger partial charge is 0.507 e. The molecule has 0 aliphatic carbocycles. The number of carbonyl (C=O) groups is 1. The molecule has 3 N–H and O–H groups in total. The second-order valence-electron chi connectivity index (χ2n) is 5.79. The molecule has 1 amide bonds. The summed E-state index contributed by atoms with van der Waals surface area (Å²) in [5.74, 6) is -1.49. The number of phenols is 1. The van der Waals surface area contributed by atoms with E-state index in [-0.39, 0.29) is 23.3 Å². The van der Waals surface area contributed by atoms with Crippen LogP contribution in [0.4, 0.5) is 4.39 Å². The smallest absolute Gasteiger partial charge is 0.255 e. The van der Waals surface area contributed by atoms with Crippen molar-refractivity contribution in [1.29, 1.82) is 0 Å². The highest BCUT2D eigenvalue weighted by molar-refractivity contribution is 5.96. The Kier molecular flexibility index (Phi) is 4.89. The summed E-state index contributed by atoms with van der Waals surface area (Å²) in [4.78, 5) is 11.7. The fraction of sp³-hybridized carbons (Fsp3) is 0.500. The van der Waals surface area contributed by atoms with E-state index in [1.54, 1.807) is 0 Å². The first-order valence-corrected chi connectivity index (χ1v) is 6.14. The van der Waals surface area contributed by atoms with E-state index >= 15 is 0 Å². The summed E-state index contributed by atoms with van der Waals surface area (Å²) < 4.78 is 13.0. The lowest BCUT2D eigenvalue weighted by atomic mass is 9.89. The van der Waals surface area contributed by atoms with Gasteiger partial charge in [0.2, 0.25) is 0 Å². The fourth-order valence-corrected chi connectivity index (χ4v) is 1.77. The molecule has 4 nitrogen and oxygen atoms in total. The van der Waals surface area contributed by atoms with E-state index in [2.05, 4.69) is 5.32 Å². The molecule has 0 saturated carbocycles. The number of halogens is 1. The second kappa shape index (κ2) is 6.02. The molecule has 0 aliphatic rings. The first-order chi connectivity index (χ1) is 8.69. The lowest BCUT2D eigenvalue weighted by Gasteiger charge is -2.22. The summed E-state index contributed by atoms with van der Waals surface area (Å²) in [5.41, 5.74) is -0.187. The minimum Gasteiger partial charge on any atom is -0.507 e. The highest BCUT2D eigenvalue weighted by atomic mass is 19.1. The molecule has 0 fully saturated rings. The van der Waals surface area contributed by atoms with Crippen LogP contribution in [0.15, 0.2) is 18.2 Å². The van der Waals surface area contributed by atoms with Crippen LogP contribution in [-0.2, 0) is 0 Å². The van der Waals surface area contributed by atoms with E-state index in [1.165, 1.54) is 0 Å². The highest BCUT2D eigenvalue weighted by Crippen LogP contribution is 2.21. The molecule has 1 aromatic carbocycles. The van der Waals surface area contributed by atoms with Gasteiger partial charge in [-0.15, -0.1) is 0 Å². The SMILES string of the molecule is CC(C)(C)CC(O)CNC(=O)c1cc(F)ccc1O. The van der Waals surface area contributed by atoms with Crippen molar-refractivity contribution in [2.24, 2.45) is 5.41 Å². The summed E-state index contributed by atoms with van der Waals surface area (Å²) in [5, 5.41) is 21.7. The van der Waals surface area contributed by atoms with Gasteiger partial charge >= 0.3 is 0 Å². The maximum Gasteiger partial charge on any atom is 0.255 e. The lowest BCUT2D eigenvalue weighted by Crippen LogP contribution is -2.34. The number of hydrogen-bond acceptors (Lipinski definition) is 3. The number of amides is 1. The molecule has 1 aromatic rings. The summed E-state index contributed by atoms with van der Waals surface area (Å²) in [7, 11) is 0. The van der Waals surface area contributed by atoms with Gasteiger partial charge < -0.3 is 15.5 Å². The third-order valence-electron chi connectivity index (χ3n) is 2.55. The Balaban J connectivity index is 2.58. The third-order valence-corrected chi connectivity index (χ3v) is 2.55. The van der Waals surface area contributed by atoms with Crippen molar-refractivity contribution in [3.63, 3.8) is 0 Å². The molecule has 0 heterocycles. The number of aliphatic hydroxyl groups is 1. The zero-order chi connectivity index (χ0) is 14.6. The molecule has 0 radical (unpaired) electrons. The van der Waals surface area contributed by atoms with Crippen LogP contribution < -0.4 is 5.32 Å². The van der Waals surface area contributed by atoms with Crippen molar-refractivity contribution < 1.29 is 19.4 Å². The normalized spacial score (nSPS) is 13.1. The molecule has 0 bridgehead atoms. The summed E-state index contributed by atoms with van der Waals surface area (Å²) >= 11 is 0. The zero-order valence-corrected chi connectivity index (χ0v) is 11.4. The van der Waals surface area contributed by atoms with Crippen molar-refractivity contribution in [1.82, 2.24) is 5.32 Å².